The van der Waals surface area contributed by atoms with Gasteiger partial charge in [0, 0.05) is 24.2 Å². The van der Waals surface area contributed by atoms with Crippen molar-refractivity contribution in [3.05, 3.63) is 53.6 Å². The number of nitrogens with zero attached hydrogens (tertiary/aromatic N) is 4. The van der Waals surface area contributed by atoms with E-state index < -0.39 is 0 Å². The second-order valence-corrected chi connectivity index (χ2v) is 7.75. The molecule has 1 aliphatic rings. The van der Waals surface area contributed by atoms with Crippen molar-refractivity contribution >= 4 is 39.6 Å². The quantitative estimate of drug-likeness (QED) is 0.469. The van der Waals surface area contributed by atoms with Crippen LogP contribution in [0, 0.1) is 13.8 Å². The van der Waals surface area contributed by atoms with Gasteiger partial charge in [0.25, 0.3) is 0 Å². The van der Waals surface area contributed by atoms with Gasteiger partial charge in [0.15, 0.2) is 5.69 Å². The summed E-state index contributed by atoms with van der Waals surface area (Å²) in [5.41, 5.74) is 4.51. The third kappa shape index (κ3) is 4.21. The van der Waals surface area contributed by atoms with Gasteiger partial charge in [-0.2, -0.15) is 0 Å². The maximum Gasteiger partial charge on any atom is 0.221 e. The molecule has 156 valence electrons. The Morgan fingerprint density at radius 1 is 1.13 bits per heavy atom. The van der Waals surface area contributed by atoms with Crippen LogP contribution in [0.1, 0.15) is 11.1 Å². The topological polar surface area (TPSA) is 74.4 Å². The fraction of sp³-hybridized carbons (Fsp3) is 0.318. The molecule has 0 amide bonds. The van der Waals surface area contributed by atoms with Gasteiger partial charge < -0.3 is 15.2 Å². The number of aromatic nitrogens is 1. The Morgan fingerprint density at radius 3 is 2.70 bits per heavy atom. The lowest BCUT2D eigenvalue weighted by atomic mass is 10.1. The second-order valence-electron chi connectivity index (χ2n) is 7.37. The van der Waals surface area contributed by atoms with Crippen molar-refractivity contribution in [2.45, 2.75) is 20.5 Å². The Kier molecular flexibility index (Phi) is 6.08. The number of para-hydroxylation sites is 1. The number of nitrogens with one attached hydrogen (secondary N) is 1. The molecule has 30 heavy (non-hydrogen) atoms. The molecule has 2 heterocycles. The van der Waals surface area contributed by atoms with Crippen molar-refractivity contribution in [2.75, 3.05) is 31.6 Å². The van der Waals surface area contributed by atoms with Gasteiger partial charge in [-0.25, -0.2) is 0 Å². The number of morpholine rings is 1. The lowest BCUT2D eigenvalue weighted by Gasteiger charge is -2.27. The molecule has 0 aliphatic carbocycles. The Hall–Kier alpha value is -2.81. The highest BCUT2D eigenvalue weighted by Gasteiger charge is 2.19. The number of aryl methyl sites for hydroxylation is 1. The van der Waals surface area contributed by atoms with Gasteiger partial charge in [-0.15, -0.1) is 10.2 Å². The van der Waals surface area contributed by atoms with Crippen LogP contribution in [-0.4, -0.2) is 46.0 Å². The third-order valence-electron chi connectivity index (χ3n) is 5.45. The van der Waals surface area contributed by atoms with Crippen LogP contribution in [0.4, 0.5) is 11.4 Å². The van der Waals surface area contributed by atoms with Gasteiger partial charge in [0.05, 0.1) is 25.4 Å². The van der Waals surface area contributed by atoms with E-state index in [9.17, 15) is 5.11 Å². The van der Waals surface area contributed by atoms with Crippen LogP contribution in [0.3, 0.4) is 0 Å². The average Bonchev–Trinajstić information content (AvgIpc) is 3.02. The molecule has 8 heteroatoms. The average molecular weight is 424 g/mol. The van der Waals surface area contributed by atoms with Crippen LogP contribution < -0.4 is 5.32 Å². The molecule has 0 bridgehead atoms. The molecule has 1 saturated heterocycles. The minimum Gasteiger partial charge on any atom is -0.493 e. The fourth-order valence-corrected chi connectivity index (χ4v) is 3.73. The predicted octanol–water partition coefficient (Wildman–Crippen LogP) is 4.73. The highest BCUT2D eigenvalue weighted by molar-refractivity contribution is 7.80. The first kappa shape index (κ1) is 20.5. The monoisotopic (exact) mass is 423 g/mol. The molecule has 7 nitrogen and oxygen atoms in total. The number of hydrogen-bond donors (Lipinski definition) is 2. The predicted molar refractivity (Wildman–Crippen MR) is 123 cm³/mol. The molecule has 0 atom stereocenters. The van der Waals surface area contributed by atoms with Crippen LogP contribution in [0.5, 0.6) is 5.88 Å². The zero-order valence-corrected chi connectivity index (χ0v) is 17.9. The zero-order valence-electron chi connectivity index (χ0n) is 17.1. The highest BCUT2D eigenvalue weighted by Crippen LogP contribution is 2.39. The highest BCUT2D eigenvalue weighted by atomic mass is 32.1. The van der Waals surface area contributed by atoms with Gasteiger partial charge in [0.1, 0.15) is 0 Å². The summed E-state index contributed by atoms with van der Waals surface area (Å²) in [6, 6.07) is 13.7. The van der Waals surface area contributed by atoms with Crippen molar-refractivity contribution in [3.8, 4) is 5.88 Å². The lowest BCUT2D eigenvalue weighted by molar-refractivity contribution is 0.0231. The maximum atomic E-state index is 10.9. The molecule has 0 radical (unpaired) electrons. The van der Waals surface area contributed by atoms with Crippen molar-refractivity contribution in [2.24, 2.45) is 10.2 Å². The van der Waals surface area contributed by atoms with E-state index in [4.69, 9.17) is 17.0 Å². The Balaban J connectivity index is 1.59. The van der Waals surface area contributed by atoms with E-state index in [-0.39, 0.29) is 11.0 Å². The van der Waals surface area contributed by atoms with Crippen molar-refractivity contribution in [3.63, 3.8) is 0 Å². The molecule has 3 aromatic rings. The summed E-state index contributed by atoms with van der Waals surface area (Å²) in [7, 11) is 0. The SMILES string of the molecule is Cc1cccc(NC(=S)N=Nc2c(O)n(CN3CCOCC3)c3ccccc23)c1C. The van der Waals surface area contributed by atoms with E-state index in [1.165, 1.54) is 5.56 Å². The number of aromatic hydroxyl groups is 1. The van der Waals surface area contributed by atoms with Gasteiger partial charge in [-0.3, -0.25) is 9.47 Å². The van der Waals surface area contributed by atoms with Gasteiger partial charge in [-0.1, -0.05) is 30.3 Å². The van der Waals surface area contributed by atoms with Crippen LogP contribution in [0.2, 0.25) is 0 Å². The van der Waals surface area contributed by atoms with Crippen LogP contribution in [0.15, 0.2) is 52.7 Å². The van der Waals surface area contributed by atoms with Gasteiger partial charge in [-0.05, 0) is 49.3 Å². The van der Waals surface area contributed by atoms with Crippen LogP contribution in [0.25, 0.3) is 10.9 Å². The summed E-state index contributed by atoms with van der Waals surface area (Å²) >= 11 is 5.36. The van der Waals surface area contributed by atoms with E-state index in [0.29, 0.717) is 25.6 Å². The molecule has 2 N–H and O–H groups in total. The van der Waals surface area contributed by atoms with Crippen molar-refractivity contribution in [1.29, 1.82) is 0 Å². The second kappa shape index (κ2) is 8.91. The Labute approximate surface area is 181 Å². The molecular formula is C22H25N5O2S. The molecule has 0 saturated carbocycles. The van der Waals surface area contributed by atoms with Gasteiger partial charge >= 0.3 is 0 Å². The maximum absolute atomic E-state index is 10.9. The summed E-state index contributed by atoms with van der Waals surface area (Å²) in [4.78, 5) is 2.24. The fourth-order valence-electron chi connectivity index (χ4n) is 3.58. The molecule has 1 fully saturated rings. The van der Waals surface area contributed by atoms with Gasteiger partial charge in [0.2, 0.25) is 11.0 Å². The van der Waals surface area contributed by atoms with E-state index >= 15 is 0 Å². The Bertz CT molecular complexity index is 1100. The zero-order chi connectivity index (χ0) is 21.1. The minimum atomic E-state index is 0.0842. The molecule has 0 unspecified atom stereocenters. The summed E-state index contributed by atoms with van der Waals surface area (Å²) in [5.74, 6) is 0.0842. The van der Waals surface area contributed by atoms with E-state index in [1.807, 2.05) is 60.9 Å². The summed E-state index contributed by atoms with van der Waals surface area (Å²) in [6.45, 7) is 7.69. The lowest BCUT2D eigenvalue weighted by Crippen LogP contribution is -2.37. The minimum absolute atomic E-state index is 0.0842. The molecule has 1 aromatic heterocycles. The summed E-state index contributed by atoms with van der Waals surface area (Å²) in [6.07, 6.45) is 0. The largest absolute Gasteiger partial charge is 0.493 e. The number of azo groups is 1. The molecular weight excluding hydrogens is 398 g/mol. The number of thiocarbonyl (C=S) groups is 1. The summed E-state index contributed by atoms with van der Waals surface area (Å²) in [5, 5.41) is 23.6. The number of anilines is 1. The first-order valence-electron chi connectivity index (χ1n) is 9.94. The van der Waals surface area contributed by atoms with Crippen LogP contribution in [-0.2, 0) is 11.4 Å². The number of benzene rings is 2. The summed E-state index contributed by atoms with van der Waals surface area (Å²) < 4.78 is 7.28. The molecule has 1 aliphatic heterocycles. The first-order chi connectivity index (χ1) is 14.5. The number of rotatable bonds is 4. The van der Waals surface area contributed by atoms with E-state index in [0.717, 1.165) is 35.2 Å². The smallest absolute Gasteiger partial charge is 0.221 e. The van der Waals surface area contributed by atoms with Crippen molar-refractivity contribution in [1.82, 2.24) is 9.47 Å². The number of ether oxygens (including phenoxy) is 1. The van der Waals surface area contributed by atoms with Crippen LogP contribution >= 0.6 is 12.2 Å². The molecule has 2 aromatic carbocycles. The van der Waals surface area contributed by atoms with Crippen molar-refractivity contribution < 1.29 is 9.84 Å². The number of fused-ring (bicyclic) bond motifs is 1. The molecule has 4 rings (SSSR count). The first-order valence-corrected chi connectivity index (χ1v) is 10.3. The standard InChI is InChI=1S/C22H25N5O2S/c1-15-6-5-8-18(16(15)2)23-22(30)25-24-20-17-7-3-4-9-19(17)27(21(20)28)14-26-10-12-29-13-11-26/h3-9,28H,10-14H2,1-2H3,(H,23,30). The van der Waals surface area contributed by atoms with E-state index in [1.54, 1.807) is 0 Å². The normalized spacial score (nSPS) is 15.1. The molecule has 0 spiro atoms. The Morgan fingerprint density at radius 2 is 1.90 bits per heavy atom. The third-order valence-corrected chi connectivity index (χ3v) is 5.63. The van der Waals surface area contributed by atoms with E-state index in [2.05, 4.69) is 20.4 Å². The number of hydrogen-bond acceptors (Lipinski definition) is 5.